The van der Waals surface area contributed by atoms with Crippen LogP contribution in [0.4, 0.5) is 0 Å². The summed E-state index contributed by atoms with van der Waals surface area (Å²) in [6.45, 7) is 4.86. The first kappa shape index (κ1) is 11.4. The highest BCUT2D eigenvalue weighted by Gasteiger charge is 2.16. The third-order valence-corrected chi connectivity index (χ3v) is 3.43. The molecule has 2 saturated heterocycles. The van der Waals surface area contributed by atoms with E-state index in [0.717, 1.165) is 32.3 Å². The standard InChI is InChI=1S/C12H23NO2/c1-2-6-13-12(3-1)10-15-9-11-4-7-14-8-5-11/h11-13H,1-10H2. The smallest absolute Gasteiger partial charge is 0.0619 e. The van der Waals surface area contributed by atoms with Crippen molar-refractivity contribution in [1.29, 1.82) is 0 Å². The zero-order chi connectivity index (χ0) is 10.3. The summed E-state index contributed by atoms with van der Waals surface area (Å²) in [5, 5.41) is 3.51. The van der Waals surface area contributed by atoms with Crippen molar-refractivity contribution in [2.75, 3.05) is 33.0 Å². The summed E-state index contributed by atoms with van der Waals surface area (Å²) in [4.78, 5) is 0. The minimum absolute atomic E-state index is 0.610. The molecule has 1 N–H and O–H groups in total. The van der Waals surface area contributed by atoms with Gasteiger partial charge in [0.1, 0.15) is 0 Å². The molecule has 0 amide bonds. The van der Waals surface area contributed by atoms with E-state index in [9.17, 15) is 0 Å². The molecule has 1 atom stereocenters. The van der Waals surface area contributed by atoms with Gasteiger partial charge in [0.05, 0.1) is 6.61 Å². The highest BCUT2D eigenvalue weighted by molar-refractivity contribution is 4.71. The Morgan fingerprint density at radius 3 is 2.67 bits per heavy atom. The summed E-state index contributed by atoms with van der Waals surface area (Å²) >= 11 is 0. The molecule has 0 aromatic rings. The van der Waals surface area contributed by atoms with Gasteiger partial charge in [-0.2, -0.15) is 0 Å². The van der Waals surface area contributed by atoms with Crippen molar-refractivity contribution in [1.82, 2.24) is 5.32 Å². The van der Waals surface area contributed by atoms with Crippen molar-refractivity contribution < 1.29 is 9.47 Å². The maximum atomic E-state index is 5.79. The number of rotatable bonds is 4. The molecular formula is C12H23NO2. The minimum Gasteiger partial charge on any atom is -0.381 e. The third kappa shape index (κ3) is 4.09. The second-order valence-corrected chi connectivity index (χ2v) is 4.74. The molecule has 0 spiro atoms. The van der Waals surface area contributed by atoms with Crippen LogP contribution in [0.2, 0.25) is 0 Å². The van der Waals surface area contributed by atoms with Crippen LogP contribution in [0.5, 0.6) is 0 Å². The van der Waals surface area contributed by atoms with Crippen molar-refractivity contribution in [3.63, 3.8) is 0 Å². The van der Waals surface area contributed by atoms with Crippen LogP contribution < -0.4 is 5.32 Å². The molecule has 3 heteroatoms. The minimum atomic E-state index is 0.610. The van der Waals surface area contributed by atoms with Crippen molar-refractivity contribution in [3.05, 3.63) is 0 Å². The largest absolute Gasteiger partial charge is 0.381 e. The Bertz CT molecular complexity index is 145. The van der Waals surface area contributed by atoms with Crippen LogP contribution in [0.15, 0.2) is 0 Å². The van der Waals surface area contributed by atoms with Crippen molar-refractivity contribution in [2.45, 2.75) is 38.1 Å². The quantitative estimate of drug-likeness (QED) is 0.769. The van der Waals surface area contributed by atoms with Crippen LogP contribution in [0.25, 0.3) is 0 Å². The highest BCUT2D eigenvalue weighted by Crippen LogP contribution is 2.15. The van der Waals surface area contributed by atoms with E-state index < -0.39 is 0 Å². The molecule has 2 heterocycles. The van der Waals surface area contributed by atoms with Crippen molar-refractivity contribution in [2.24, 2.45) is 5.92 Å². The molecule has 2 aliphatic heterocycles. The summed E-state index contributed by atoms with van der Waals surface area (Å²) in [5.74, 6) is 0.738. The maximum Gasteiger partial charge on any atom is 0.0619 e. The fourth-order valence-corrected chi connectivity index (χ4v) is 2.36. The van der Waals surface area contributed by atoms with Gasteiger partial charge in [0, 0.05) is 25.9 Å². The lowest BCUT2D eigenvalue weighted by molar-refractivity contribution is 0.0136. The highest BCUT2D eigenvalue weighted by atomic mass is 16.5. The second-order valence-electron chi connectivity index (χ2n) is 4.74. The van der Waals surface area contributed by atoms with Crippen molar-refractivity contribution >= 4 is 0 Å². The van der Waals surface area contributed by atoms with E-state index in [-0.39, 0.29) is 0 Å². The number of nitrogens with one attached hydrogen (secondary N) is 1. The molecule has 15 heavy (non-hydrogen) atoms. The number of hydrogen-bond donors (Lipinski definition) is 1. The molecule has 2 fully saturated rings. The van der Waals surface area contributed by atoms with Gasteiger partial charge in [0.2, 0.25) is 0 Å². The fourth-order valence-electron chi connectivity index (χ4n) is 2.36. The Balaban J connectivity index is 1.53. The lowest BCUT2D eigenvalue weighted by atomic mass is 10.0. The summed E-state index contributed by atoms with van der Waals surface area (Å²) < 4.78 is 11.1. The number of hydrogen-bond acceptors (Lipinski definition) is 3. The molecular weight excluding hydrogens is 190 g/mol. The Hall–Kier alpha value is -0.120. The van der Waals surface area contributed by atoms with Crippen LogP contribution in [-0.4, -0.2) is 39.0 Å². The van der Waals surface area contributed by atoms with E-state index in [1.54, 1.807) is 0 Å². The number of ether oxygens (including phenoxy) is 2. The molecule has 88 valence electrons. The molecule has 0 aliphatic carbocycles. The second kappa shape index (κ2) is 6.46. The van der Waals surface area contributed by atoms with E-state index in [0.29, 0.717) is 6.04 Å². The van der Waals surface area contributed by atoms with Crippen LogP contribution in [-0.2, 0) is 9.47 Å². The lowest BCUT2D eigenvalue weighted by Crippen LogP contribution is -2.38. The monoisotopic (exact) mass is 213 g/mol. The van der Waals surface area contributed by atoms with Crippen LogP contribution in [0.1, 0.15) is 32.1 Å². The first-order valence-electron chi connectivity index (χ1n) is 6.34. The first-order chi connectivity index (χ1) is 7.45. The Labute approximate surface area is 92.5 Å². The zero-order valence-electron chi connectivity index (χ0n) is 9.54. The van der Waals surface area contributed by atoms with Gasteiger partial charge in [0.15, 0.2) is 0 Å². The van der Waals surface area contributed by atoms with E-state index >= 15 is 0 Å². The van der Waals surface area contributed by atoms with Gasteiger partial charge in [0.25, 0.3) is 0 Å². The summed E-state index contributed by atoms with van der Waals surface area (Å²) in [7, 11) is 0. The van der Waals surface area contributed by atoms with Gasteiger partial charge in [-0.3, -0.25) is 0 Å². The van der Waals surface area contributed by atoms with Crippen molar-refractivity contribution in [3.8, 4) is 0 Å². The third-order valence-electron chi connectivity index (χ3n) is 3.43. The molecule has 0 aromatic carbocycles. The number of piperidine rings is 1. The summed E-state index contributed by atoms with van der Waals surface area (Å²) in [6.07, 6.45) is 6.33. The molecule has 1 unspecified atom stereocenters. The van der Waals surface area contributed by atoms with E-state index in [1.807, 2.05) is 0 Å². The fraction of sp³-hybridized carbons (Fsp3) is 1.00. The first-order valence-corrected chi connectivity index (χ1v) is 6.34. The summed E-state index contributed by atoms with van der Waals surface area (Å²) in [5.41, 5.74) is 0. The van der Waals surface area contributed by atoms with Crippen LogP contribution >= 0.6 is 0 Å². The maximum absolute atomic E-state index is 5.79. The average molecular weight is 213 g/mol. The van der Waals surface area contributed by atoms with E-state index in [2.05, 4.69) is 5.32 Å². The average Bonchev–Trinajstić information content (AvgIpc) is 2.32. The van der Waals surface area contributed by atoms with Gasteiger partial charge in [-0.05, 0) is 38.1 Å². The molecule has 2 rings (SSSR count). The Morgan fingerprint density at radius 1 is 1.07 bits per heavy atom. The molecule has 2 aliphatic rings. The van der Waals surface area contributed by atoms with Gasteiger partial charge in [-0.25, -0.2) is 0 Å². The predicted molar refractivity (Wildman–Crippen MR) is 60.0 cm³/mol. The molecule has 3 nitrogen and oxygen atoms in total. The van der Waals surface area contributed by atoms with Crippen LogP contribution in [0.3, 0.4) is 0 Å². The molecule has 0 saturated carbocycles. The predicted octanol–water partition coefficient (Wildman–Crippen LogP) is 1.57. The Kier molecular flexibility index (Phi) is 4.90. The van der Waals surface area contributed by atoms with Gasteiger partial charge in [-0.15, -0.1) is 0 Å². The van der Waals surface area contributed by atoms with Gasteiger partial charge >= 0.3 is 0 Å². The topological polar surface area (TPSA) is 30.5 Å². The lowest BCUT2D eigenvalue weighted by Gasteiger charge is -2.26. The van der Waals surface area contributed by atoms with Gasteiger partial charge < -0.3 is 14.8 Å². The molecule has 0 radical (unpaired) electrons. The molecule has 0 aromatic heterocycles. The Morgan fingerprint density at radius 2 is 1.93 bits per heavy atom. The molecule has 0 bridgehead atoms. The van der Waals surface area contributed by atoms with Gasteiger partial charge in [-0.1, -0.05) is 6.42 Å². The zero-order valence-corrected chi connectivity index (χ0v) is 9.54. The van der Waals surface area contributed by atoms with E-state index in [1.165, 1.54) is 38.6 Å². The SMILES string of the molecule is C1CCC(COCC2CCOCC2)NC1. The van der Waals surface area contributed by atoms with E-state index in [4.69, 9.17) is 9.47 Å². The normalized spacial score (nSPS) is 29.2. The summed E-state index contributed by atoms with van der Waals surface area (Å²) in [6, 6.07) is 0.610. The van der Waals surface area contributed by atoms with Crippen LogP contribution in [0, 0.1) is 5.92 Å².